The number of hydrogen-bond donors (Lipinski definition) is 1. The molecule has 158 valence electrons. The molecule has 0 saturated heterocycles. The maximum Gasteiger partial charge on any atom is 0.302 e. The number of aliphatic hydroxyl groups is 1. The Morgan fingerprint density at radius 3 is 2.14 bits per heavy atom. The van der Waals surface area contributed by atoms with E-state index < -0.39 is 0 Å². The second kappa shape index (κ2) is 7.00. The summed E-state index contributed by atoms with van der Waals surface area (Å²) in [6.07, 6.45) is 7.49. The molecule has 9 atom stereocenters. The van der Waals surface area contributed by atoms with E-state index in [0.717, 1.165) is 51.4 Å². The topological polar surface area (TPSA) is 72.8 Å². The summed E-state index contributed by atoms with van der Waals surface area (Å²) in [6, 6.07) is 0. The Morgan fingerprint density at radius 1 is 0.821 bits per heavy atom. The summed E-state index contributed by atoms with van der Waals surface area (Å²) in [7, 11) is 0. The first-order chi connectivity index (χ1) is 13.1. The van der Waals surface area contributed by atoms with Crippen LogP contribution in [0, 0.1) is 34.5 Å². The molecule has 1 N–H and O–H groups in total. The van der Waals surface area contributed by atoms with Crippen LogP contribution in [0.4, 0.5) is 0 Å². The lowest BCUT2D eigenvalue weighted by Gasteiger charge is -2.62. The molecule has 0 aromatic heterocycles. The fourth-order valence-electron chi connectivity index (χ4n) is 7.95. The third-order valence-electron chi connectivity index (χ3n) is 9.19. The molecule has 4 saturated carbocycles. The SMILES string of the molecule is CC(=O)O[C@H]1CC[C@]2(C)C3CC[C@@]4(C)C(CC[C@@H]4OC(C)=O)[C@@H]3C[C@@H](O)C2C1. The third-order valence-corrected chi connectivity index (χ3v) is 9.19. The molecule has 0 amide bonds. The minimum atomic E-state index is -0.334. The zero-order valence-corrected chi connectivity index (χ0v) is 17.8. The second-order valence-corrected chi connectivity index (χ2v) is 10.5. The Morgan fingerprint density at radius 2 is 1.46 bits per heavy atom. The number of esters is 2. The highest BCUT2D eigenvalue weighted by Gasteiger charge is 2.62. The fourth-order valence-corrected chi connectivity index (χ4v) is 7.95. The Labute approximate surface area is 168 Å². The van der Waals surface area contributed by atoms with Gasteiger partial charge < -0.3 is 14.6 Å². The van der Waals surface area contributed by atoms with Crippen molar-refractivity contribution < 1.29 is 24.2 Å². The molecule has 4 aliphatic carbocycles. The van der Waals surface area contributed by atoms with Gasteiger partial charge in [-0.3, -0.25) is 9.59 Å². The largest absolute Gasteiger partial charge is 0.463 e. The molecular weight excluding hydrogens is 356 g/mol. The average molecular weight is 393 g/mol. The van der Waals surface area contributed by atoms with Crippen LogP contribution in [0.2, 0.25) is 0 Å². The van der Waals surface area contributed by atoms with Crippen molar-refractivity contribution in [3.63, 3.8) is 0 Å². The summed E-state index contributed by atoms with van der Waals surface area (Å²) >= 11 is 0. The summed E-state index contributed by atoms with van der Waals surface area (Å²) < 4.78 is 11.2. The van der Waals surface area contributed by atoms with Gasteiger partial charge in [-0.1, -0.05) is 13.8 Å². The molecule has 0 aromatic rings. The van der Waals surface area contributed by atoms with Gasteiger partial charge in [-0.15, -0.1) is 0 Å². The minimum Gasteiger partial charge on any atom is -0.463 e. The Bertz CT molecular complexity index is 647. The Hall–Kier alpha value is -1.10. The normalized spacial score (nSPS) is 50.1. The Kier molecular flexibility index (Phi) is 5.05. The van der Waals surface area contributed by atoms with Gasteiger partial charge in [0.05, 0.1) is 6.10 Å². The lowest BCUT2D eigenvalue weighted by molar-refractivity contribution is -0.187. The van der Waals surface area contributed by atoms with Crippen LogP contribution < -0.4 is 0 Å². The number of fused-ring (bicyclic) bond motifs is 5. The third kappa shape index (κ3) is 3.09. The molecule has 3 unspecified atom stereocenters. The molecule has 4 fully saturated rings. The van der Waals surface area contributed by atoms with Crippen molar-refractivity contribution in [3.8, 4) is 0 Å². The maximum atomic E-state index is 11.6. The van der Waals surface area contributed by atoms with Gasteiger partial charge in [0.25, 0.3) is 0 Å². The quantitative estimate of drug-likeness (QED) is 0.723. The zero-order chi connectivity index (χ0) is 20.3. The van der Waals surface area contributed by atoms with E-state index >= 15 is 0 Å². The van der Waals surface area contributed by atoms with Gasteiger partial charge in [-0.05, 0) is 80.5 Å². The molecule has 4 aliphatic rings. The summed E-state index contributed by atoms with van der Waals surface area (Å²) in [5, 5.41) is 11.1. The van der Waals surface area contributed by atoms with Crippen LogP contribution in [-0.4, -0.2) is 35.4 Å². The van der Waals surface area contributed by atoms with Gasteiger partial charge in [0.15, 0.2) is 0 Å². The standard InChI is InChI=1S/C23H36O5/c1-13(24)27-15-7-9-22(3)18-8-10-23(4)17(5-6-21(23)28-14(2)25)16(18)12-20(26)19(22)11-15/h15-21,26H,5-12H2,1-4H3/t15-,16-,17?,18?,19?,20+,21-,22+,23-/m0/s1. The van der Waals surface area contributed by atoms with Crippen molar-refractivity contribution in [2.24, 2.45) is 34.5 Å². The van der Waals surface area contributed by atoms with Crippen LogP contribution in [0.1, 0.15) is 79.1 Å². The highest BCUT2D eigenvalue weighted by atomic mass is 16.5. The molecule has 0 spiro atoms. The summed E-state index contributed by atoms with van der Waals surface area (Å²) in [5.41, 5.74) is 0.157. The van der Waals surface area contributed by atoms with Crippen molar-refractivity contribution in [3.05, 3.63) is 0 Å². The molecule has 4 rings (SSSR count). The molecular formula is C23H36O5. The van der Waals surface area contributed by atoms with Gasteiger partial charge in [0.1, 0.15) is 12.2 Å². The lowest BCUT2D eigenvalue weighted by Crippen LogP contribution is -2.58. The van der Waals surface area contributed by atoms with Gasteiger partial charge in [0, 0.05) is 19.3 Å². The molecule has 0 radical (unpaired) electrons. The van der Waals surface area contributed by atoms with Crippen LogP contribution >= 0.6 is 0 Å². The lowest BCUT2D eigenvalue weighted by atomic mass is 9.44. The summed E-state index contributed by atoms with van der Waals surface area (Å²) in [4.78, 5) is 23.0. The predicted octanol–water partition coefficient (Wildman–Crippen LogP) is 3.86. The van der Waals surface area contributed by atoms with E-state index in [1.54, 1.807) is 0 Å². The zero-order valence-electron chi connectivity index (χ0n) is 17.8. The van der Waals surface area contributed by atoms with E-state index in [0.29, 0.717) is 17.8 Å². The van der Waals surface area contributed by atoms with Gasteiger partial charge in [-0.25, -0.2) is 0 Å². The smallest absolute Gasteiger partial charge is 0.302 e. The monoisotopic (exact) mass is 392 g/mol. The maximum absolute atomic E-state index is 11.6. The summed E-state index contributed by atoms with van der Waals surface area (Å²) in [5.74, 6) is 1.45. The number of carbonyl (C=O) groups excluding carboxylic acids is 2. The van der Waals surface area contributed by atoms with Gasteiger partial charge >= 0.3 is 11.9 Å². The first-order valence-corrected chi connectivity index (χ1v) is 11.2. The van der Waals surface area contributed by atoms with Crippen molar-refractivity contribution in [2.75, 3.05) is 0 Å². The van der Waals surface area contributed by atoms with E-state index in [4.69, 9.17) is 9.47 Å². The van der Waals surface area contributed by atoms with Gasteiger partial charge in [-0.2, -0.15) is 0 Å². The highest BCUT2D eigenvalue weighted by Crippen LogP contribution is 2.66. The average Bonchev–Trinajstić information content (AvgIpc) is 2.92. The summed E-state index contributed by atoms with van der Waals surface area (Å²) in [6.45, 7) is 7.68. The van der Waals surface area contributed by atoms with E-state index in [-0.39, 0.29) is 47.0 Å². The fraction of sp³-hybridized carbons (Fsp3) is 0.913. The van der Waals surface area contributed by atoms with Crippen LogP contribution in [0.5, 0.6) is 0 Å². The number of ether oxygens (including phenoxy) is 2. The first-order valence-electron chi connectivity index (χ1n) is 11.2. The molecule has 5 nitrogen and oxygen atoms in total. The van der Waals surface area contributed by atoms with Crippen molar-refractivity contribution in [1.82, 2.24) is 0 Å². The molecule has 0 aromatic carbocycles. The van der Waals surface area contributed by atoms with Crippen LogP contribution in [0.25, 0.3) is 0 Å². The van der Waals surface area contributed by atoms with Crippen LogP contribution in [0.3, 0.4) is 0 Å². The van der Waals surface area contributed by atoms with Crippen molar-refractivity contribution >= 4 is 11.9 Å². The Balaban J connectivity index is 1.55. The van der Waals surface area contributed by atoms with E-state index in [1.807, 2.05) is 0 Å². The number of rotatable bonds is 2. The predicted molar refractivity (Wildman–Crippen MR) is 104 cm³/mol. The van der Waals surface area contributed by atoms with E-state index in [2.05, 4.69) is 13.8 Å². The number of hydrogen-bond acceptors (Lipinski definition) is 5. The van der Waals surface area contributed by atoms with E-state index in [9.17, 15) is 14.7 Å². The molecule has 5 heteroatoms. The van der Waals surface area contributed by atoms with Gasteiger partial charge in [0.2, 0.25) is 0 Å². The van der Waals surface area contributed by atoms with Crippen molar-refractivity contribution in [1.29, 1.82) is 0 Å². The first kappa shape index (κ1) is 20.2. The number of carbonyl (C=O) groups is 2. The molecule has 0 bridgehead atoms. The highest BCUT2D eigenvalue weighted by molar-refractivity contribution is 5.66. The molecule has 0 aliphatic heterocycles. The number of aliphatic hydroxyl groups excluding tert-OH is 1. The van der Waals surface area contributed by atoms with Crippen LogP contribution in [0.15, 0.2) is 0 Å². The molecule has 0 heterocycles. The minimum absolute atomic E-state index is 0.0262. The second-order valence-electron chi connectivity index (χ2n) is 10.5. The molecule has 28 heavy (non-hydrogen) atoms. The van der Waals surface area contributed by atoms with Crippen molar-refractivity contribution in [2.45, 2.75) is 97.4 Å². The van der Waals surface area contributed by atoms with Crippen LogP contribution in [-0.2, 0) is 19.1 Å². The van der Waals surface area contributed by atoms with E-state index in [1.165, 1.54) is 13.8 Å².